The Kier molecular flexibility index (Phi) is 3.81. The van der Waals surface area contributed by atoms with Crippen LogP contribution in [0.2, 0.25) is 0 Å². The first-order valence-electron chi connectivity index (χ1n) is 9.43. The summed E-state index contributed by atoms with van der Waals surface area (Å²) in [6.07, 6.45) is 5.90. The lowest BCUT2D eigenvalue weighted by atomic mass is 9.77. The second-order valence-electron chi connectivity index (χ2n) is 7.70. The minimum absolute atomic E-state index is 0.0997. The molecule has 5 rings (SSSR count). The number of likely N-dealkylation sites (tertiary alicyclic amines) is 1. The average Bonchev–Trinajstić information content (AvgIpc) is 3.28. The van der Waals surface area contributed by atoms with E-state index in [2.05, 4.69) is 37.0 Å². The largest absolute Gasteiger partial charge is 0.355 e. The molecule has 27 heavy (non-hydrogen) atoms. The zero-order valence-corrected chi connectivity index (χ0v) is 15.1. The second-order valence-corrected chi connectivity index (χ2v) is 7.70. The summed E-state index contributed by atoms with van der Waals surface area (Å²) in [5.41, 5.74) is 2.89. The fourth-order valence-corrected chi connectivity index (χ4v) is 4.45. The summed E-state index contributed by atoms with van der Waals surface area (Å²) in [6.45, 7) is 3.37. The third-order valence-electron chi connectivity index (χ3n) is 5.95. The van der Waals surface area contributed by atoms with Gasteiger partial charge in [0, 0.05) is 38.0 Å². The maximum absolute atomic E-state index is 12.6. The van der Waals surface area contributed by atoms with Crippen molar-refractivity contribution in [2.75, 3.05) is 24.5 Å². The number of anilines is 1. The Bertz CT molecular complexity index is 961. The maximum Gasteiger partial charge on any atom is 0.223 e. The minimum Gasteiger partial charge on any atom is -0.355 e. The van der Waals surface area contributed by atoms with E-state index in [1.54, 1.807) is 12.7 Å². The zero-order chi connectivity index (χ0) is 18.3. The number of hydrogen-bond acceptors (Lipinski definition) is 5. The zero-order valence-electron chi connectivity index (χ0n) is 15.1. The van der Waals surface area contributed by atoms with Gasteiger partial charge < -0.3 is 14.8 Å². The first-order chi connectivity index (χ1) is 13.2. The molecule has 1 N–H and O–H groups in total. The number of rotatable bonds is 3. The van der Waals surface area contributed by atoms with Crippen LogP contribution in [0.5, 0.6) is 0 Å². The smallest absolute Gasteiger partial charge is 0.223 e. The predicted octanol–water partition coefficient (Wildman–Crippen LogP) is 2.37. The number of nitrogens with one attached hydrogen (secondary N) is 1. The Labute approximate surface area is 157 Å². The maximum atomic E-state index is 12.6. The van der Waals surface area contributed by atoms with Gasteiger partial charge in [-0.25, -0.2) is 15.0 Å². The topological polar surface area (TPSA) is 78.0 Å². The lowest BCUT2D eigenvalue weighted by Crippen LogP contribution is -2.42. The van der Waals surface area contributed by atoms with Crippen LogP contribution in [0.4, 0.5) is 5.82 Å². The van der Waals surface area contributed by atoms with E-state index >= 15 is 0 Å². The summed E-state index contributed by atoms with van der Waals surface area (Å²) in [7, 11) is 0. The van der Waals surface area contributed by atoms with E-state index in [1.165, 1.54) is 5.56 Å². The molecule has 3 aromatic rings. The van der Waals surface area contributed by atoms with Gasteiger partial charge in [-0.15, -0.1) is 0 Å². The molecule has 0 radical (unpaired) electrons. The Morgan fingerprint density at radius 1 is 1.07 bits per heavy atom. The molecule has 2 aliphatic heterocycles. The molecule has 0 bridgehead atoms. The van der Waals surface area contributed by atoms with Crippen LogP contribution in [0.1, 0.15) is 24.8 Å². The molecule has 2 fully saturated rings. The normalized spacial score (nSPS) is 19.3. The van der Waals surface area contributed by atoms with Crippen LogP contribution in [0.3, 0.4) is 0 Å². The number of fused-ring (bicyclic) bond motifs is 1. The Hall–Kier alpha value is -2.96. The van der Waals surface area contributed by atoms with Crippen molar-refractivity contribution in [2.45, 2.75) is 25.8 Å². The van der Waals surface area contributed by atoms with E-state index in [4.69, 9.17) is 0 Å². The van der Waals surface area contributed by atoms with Gasteiger partial charge in [-0.3, -0.25) is 4.79 Å². The van der Waals surface area contributed by atoms with E-state index in [9.17, 15) is 4.79 Å². The molecule has 0 aliphatic carbocycles. The molecule has 1 amide bonds. The number of benzene rings is 1. The lowest BCUT2D eigenvalue weighted by Gasteiger charge is -2.39. The van der Waals surface area contributed by atoms with E-state index in [-0.39, 0.29) is 11.3 Å². The van der Waals surface area contributed by atoms with E-state index in [0.29, 0.717) is 18.6 Å². The van der Waals surface area contributed by atoms with Crippen LogP contribution >= 0.6 is 0 Å². The molecule has 4 heterocycles. The number of piperidine rings is 1. The number of nitrogens with zero attached hydrogens (tertiary/aromatic N) is 5. The summed E-state index contributed by atoms with van der Waals surface area (Å²) in [4.78, 5) is 33.0. The molecule has 0 unspecified atom stereocenters. The Morgan fingerprint density at radius 2 is 1.89 bits per heavy atom. The standard InChI is InChI=1S/C20H22N6O/c27-16-10-20(12-26(16)11-15-4-2-1-3-5-15)6-8-25(9-7-20)19-17-18(22-13-21-17)23-14-24-19/h1-5,13-14H,6-12H2,(H,21,22,23,24). The Morgan fingerprint density at radius 3 is 2.70 bits per heavy atom. The third kappa shape index (κ3) is 2.93. The van der Waals surface area contributed by atoms with E-state index < -0.39 is 0 Å². The number of imidazole rings is 1. The molecule has 7 nitrogen and oxygen atoms in total. The van der Waals surface area contributed by atoms with Crippen molar-refractivity contribution >= 4 is 22.9 Å². The van der Waals surface area contributed by atoms with Crippen molar-refractivity contribution in [3.05, 3.63) is 48.5 Å². The van der Waals surface area contributed by atoms with Gasteiger partial charge in [0.2, 0.25) is 5.91 Å². The summed E-state index contributed by atoms with van der Waals surface area (Å²) in [5.74, 6) is 1.20. The molecular weight excluding hydrogens is 340 g/mol. The van der Waals surface area contributed by atoms with Crippen LogP contribution in [-0.4, -0.2) is 50.4 Å². The molecule has 2 aromatic heterocycles. The van der Waals surface area contributed by atoms with E-state index in [1.807, 2.05) is 23.1 Å². The predicted molar refractivity (Wildman–Crippen MR) is 102 cm³/mol. The van der Waals surface area contributed by atoms with E-state index in [0.717, 1.165) is 43.8 Å². The highest BCUT2D eigenvalue weighted by Crippen LogP contribution is 2.42. The van der Waals surface area contributed by atoms with Gasteiger partial charge in [-0.1, -0.05) is 30.3 Å². The fraction of sp³-hybridized carbons (Fsp3) is 0.400. The van der Waals surface area contributed by atoms with Gasteiger partial charge in [-0.2, -0.15) is 0 Å². The SMILES string of the molecule is O=C1CC2(CCN(c3ncnc4nc[nH]c34)CC2)CN1Cc1ccccc1. The van der Waals surface area contributed by atoms with Crippen LogP contribution in [0.25, 0.3) is 11.2 Å². The van der Waals surface area contributed by atoms with Crippen molar-refractivity contribution in [1.82, 2.24) is 24.8 Å². The first kappa shape index (κ1) is 16.2. The van der Waals surface area contributed by atoms with Gasteiger partial charge in [0.15, 0.2) is 11.5 Å². The number of hydrogen-bond donors (Lipinski definition) is 1. The molecule has 1 spiro atoms. The van der Waals surface area contributed by atoms with Gasteiger partial charge in [0.05, 0.1) is 6.33 Å². The molecule has 0 atom stereocenters. The number of aromatic amines is 1. The highest BCUT2D eigenvalue weighted by molar-refractivity contribution is 5.83. The van der Waals surface area contributed by atoms with Crippen molar-refractivity contribution < 1.29 is 4.79 Å². The molecule has 7 heteroatoms. The summed E-state index contributed by atoms with van der Waals surface area (Å²) >= 11 is 0. The van der Waals surface area contributed by atoms with Crippen molar-refractivity contribution in [3.63, 3.8) is 0 Å². The number of H-pyrrole nitrogens is 1. The monoisotopic (exact) mass is 362 g/mol. The molecule has 138 valence electrons. The quantitative estimate of drug-likeness (QED) is 0.774. The third-order valence-corrected chi connectivity index (χ3v) is 5.95. The van der Waals surface area contributed by atoms with Crippen LogP contribution in [0.15, 0.2) is 43.0 Å². The molecule has 2 aliphatic rings. The number of carbonyl (C=O) groups is 1. The summed E-state index contributed by atoms with van der Waals surface area (Å²) in [5, 5.41) is 0. The number of aromatic nitrogens is 4. The van der Waals surface area contributed by atoms with Crippen molar-refractivity contribution in [1.29, 1.82) is 0 Å². The van der Waals surface area contributed by atoms with Gasteiger partial charge in [0.25, 0.3) is 0 Å². The van der Waals surface area contributed by atoms with Crippen LogP contribution < -0.4 is 4.90 Å². The summed E-state index contributed by atoms with van der Waals surface area (Å²) in [6, 6.07) is 10.2. The van der Waals surface area contributed by atoms with Crippen LogP contribution in [-0.2, 0) is 11.3 Å². The van der Waals surface area contributed by atoms with Crippen molar-refractivity contribution in [3.8, 4) is 0 Å². The summed E-state index contributed by atoms with van der Waals surface area (Å²) < 4.78 is 0. The fourth-order valence-electron chi connectivity index (χ4n) is 4.45. The Balaban J connectivity index is 1.29. The highest BCUT2D eigenvalue weighted by atomic mass is 16.2. The van der Waals surface area contributed by atoms with Gasteiger partial charge in [-0.05, 0) is 18.4 Å². The molecule has 1 aromatic carbocycles. The second kappa shape index (κ2) is 6.33. The number of carbonyl (C=O) groups excluding carboxylic acids is 1. The van der Waals surface area contributed by atoms with Gasteiger partial charge >= 0.3 is 0 Å². The average molecular weight is 362 g/mol. The molecule has 2 saturated heterocycles. The molecule has 0 saturated carbocycles. The first-order valence-corrected chi connectivity index (χ1v) is 9.43. The van der Waals surface area contributed by atoms with Crippen molar-refractivity contribution in [2.24, 2.45) is 5.41 Å². The number of amides is 1. The lowest BCUT2D eigenvalue weighted by molar-refractivity contribution is -0.128. The molecular formula is C20H22N6O. The minimum atomic E-state index is 0.0997. The van der Waals surface area contributed by atoms with Crippen LogP contribution in [0, 0.1) is 5.41 Å². The highest BCUT2D eigenvalue weighted by Gasteiger charge is 2.45. The van der Waals surface area contributed by atoms with Gasteiger partial charge in [0.1, 0.15) is 11.8 Å².